The average molecular weight is 328 g/mol. The first-order valence-corrected chi connectivity index (χ1v) is 7.49. The molecule has 0 spiro atoms. The standard InChI is InChI=1S/C18H17FN2O3/c1-23-12-4-2-5-13(10-12)24-9-8-20-18(22)17-11-14-15(19)6-3-7-16(14)21-17/h2-7,10-11,21H,8-9H2,1H3,(H,20,22). The van der Waals surface area contributed by atoms with E-state index in [4.69, 9.17) is 9.47 Å². The molecule has 0 unspecified atom stereocenters. The molecule has 1 amide bonds. The fraction of sp³-hybridized carbons (Fsp3) is 0.167. The summed E-state index contributed by atoms with van der Waals surface area (Å²) in [5.74, 6) is 0.705. The van der Waals surface area contributed by atoms with Crippen LogP contribution in [0.4, 0.5) is 4.39 Å². The number of methoxy groups -OCH3 is 1. The van der Waals surface area contributed by atoms with Gasteiger partial charge in [0.2, 0.25) is 0 Å². The average Bonchev–Trinajstić information content (AvgIpc) is 3.04. The lowest BCUT2D eigenvalue weighted by atomic mass is 10.2. The summed E-state index contributed by atoms with van der Waals surface area (Å²) in [4.78, 5) is 15.0. The lowest BCUT2D eigenvalue weighted by Gasteiger charge is -2.08. The van der Waals surface area contributed by atoms with Gasteiger partial charge in [-0.25, -0.2) is 4.39 Å². The van der Waals surface area contributed by atoms with Crippen LogP contribution < -0.4 is 14.8 Å². The van der Waals surface area contributed by atoms with E-state index >= 15 is 0 Å². The van der Waals surface area contributed by atoms with Crippen LogP contribution in [0.3, 0.4) is 0 Å². The van der Waals surface area contributed by atoms with Crippen LogP contribution in [0, 0.1) is 5.82 Å². The smallest absolute Gasteiger partial charge is 0.267 e. The molecular formula is C18H17FN2O3. The normalized spacial score (nSPS) is 10.6. The first kappa shape index (κ1) is 15.9. The third-order valence-electron chi connectivity index (χ3n) is 3.55. The Morgan fingerprint density at radius 2 is 1.96 bits per heavy atom. The van der Waals surface area contributed by atoms with E-state index in [9.17, 15) is 9.18 Å². The van der Waals surface area contributed by atoms with Gasteiger partial charge in [0.25, 0.3) is 5.91 Å². The van der Waals surface area contributed by atoms with E-state index in [1.165, 1.54) is 12.1 Å². The van der Waals surface area contributed by atoms with Gasteiger partial charge in [-0.3, -0.25) is 4.79 Å². The summed E-state index contributed by atoms with van der Waals surface area (Å²) in [5, 5.41) is 3.13. The number of hydrogen-bond acceptors (Lipinski definition) is 3. The Hall–Kier alpha value is -3.02. The minimum Gasteiger partial charge on any atom is -0.497 e. The lowest BCUT2D eigenvalue weighted by Crippen LogP contribution is -2.28. The highest BCUT2D eigenvalue weighted by molar-refractivity contribution is 5.98. The number of aromatic amines is 1. The Bertz CT molecular complexity index is 860. The largest absolute Gasteiger partial charge is 0.497 e. The van der Waals surface area contributed by atoms with Gasteiger partial charge in [0, 0.05) is 17.0 Å². The van der Waals surface area contributed by atoms with Crippen molar-refractivity contribution in [2.75, 3.05) is 20.3 Å². The second-order valence-corrected chi connectivity index (χ2v) is 5.17. The van der Waals surface area contributed by atoms with Crippen molar-refractivity contribution in [3.05, 3.63) is 60.0 Å². The van der Waals surface area contributed by atoms with Crippen LogP contribution in [0.15, 0.2) is 48.5 Å². The van der Waals surface area contributed by atoms with Crippen molar-refractivity contribution in [1.29, 1.82) is 0 Å². The van der Waals surface area contributed by atoms with Gasteiger partial charge in [0.1, 0.15) is 29.6 Å². The summed E-state index contributed by atoms with van der Waals surface area (Å²) in [6.07, 6.45) is 0. The maximum atomic E-state index is 13.6. The summed E-state index contributed by atoms with van der Waals surface area (Å²) in [7, 11) is 1.59. The third-order valence-corrected chi connectivity index (χ3v) is 3.55. The molecule has 1 heterocycles. The quantitative estimate of drug-likeness (QED) is 0.683. The molecule has 0 bridgehead atoms. The van der Waals surface area contributed by atoms with Crippen molar-refractivity contribution in [2.45, 2.75) is 0 Å². The van der Waals surface area contributed by atoms with Gasteiger partial charge < -0.3 is 19.8 Å². The fourth-order valence-electron chi connectivity index (χ4n) is 2.36. The predicted octanol–water partition coefficient (Wildman–Crippen LogP) is 3.12. The number of benzene rings is 2. The highest BCUT2D eigenvalue weighted by Crippen LogP contribution is 2.19. The van der Waals surface area contributed by atoms with Crippen LogP contribution in [-0.4, -0.2) is 31.2 Å². The van der Waals surface area contributed by atoms with Crippen molar-refractivity contribution < 1.29 is 18.7 Å². The van der Waals surface area contributed by atoms with Crippen molar-refractivity contribution in [2.24, 2.45) is 0 Å². The summed E-state index contributed by atoms with van der Waals surface area (Å²) >= 11 is 0. The molecule has 0 saturated heterocycles. The van der Waals surface area contributed by atoms with Crippen molar-refractivity contribution in [1.82, 2.24) is 10.3 Å². The van der Waals surface area contributed by atoms with E-state index in [1.54, 1.807) is 25.3 Å². The topological polar surface area (TPSA) is 63.4 Å². The third kappa shape index (κ3) is 3.48. The van der Waals surface area contributed by atoms with E-state index in [1.807, 2.05) is 18.2 Å². The molecule has 3 aromatic rings. The minimum absolute atomic E-state index is 0.306. The van der Waals surface area contributed by atoms with Gasteiger partial charge in [-0.2, -0.15) is 0 Å². The number of carbonyl (C=O) groups excluding carboxylic acids is 1. The predicted molar refractivity (Wildman–Crippen MR) is 89.1 cm³/mol. The summed E-state index contributed by atoms with van der Waals surface area (Å²) in [5.41, 5.74) is 0.907. The highest BCUT2D eigenvalue weighted by Gasteiger charge is 2.11. The Morgan fingerprint density at radius 1 is 1.17 bits per heavy atom. The fourth-order valence-corrected chi connectivity index (χ4v) is 2.36. The zero-order valence-electron chi connectivity index (χ0n) is 13.1. The number of hydrogen-bond donors (Lipinski definition) is 2. The van der Waals surface area contributed by atoms with Crippen molar-refractivity contribution in [3.8, 4) is 11.5 Å². The summed E-state index contributed by atoms with van der Waals surface area (Å²) < 4.78 is 24.3. The number of halogens is 1. The molecule has 24 heavy (non-hydrogen) atoms. The van der Waals surface area contributed by atoms with Gasteiger partial charge >= 0.3 is 0 Å². The zero-order chi connectivity index (χ0) is 16.9. The molecule has 5 nitrogen and oxygen atoms in total. The second-order valence-electron chi connectivity index (χ2n) is 5.17. The SMILES string of the molecule is COc1cccc(OCCNC(=O)c2cc3c(F)cccc3[nH]2)c1. The molecular weight excluding hydrogens is 311 g/mol. The van der Waals surface area contributed by atoms with Gasteiger partial charge in [0.15, 0.2) is 0 Å². The maximum absolute atomic E-state index is 13.6. The molecule has 0 aliphatic rings. The van der Waals surface area contributed by atoms with Gasteiger partial charge in [-0.05, 0) is 30.3 Å². The molecule has 2 N–H and O–H groups in total. The number of ether oxygens (including phenoxy) is 2. The number of H-pyrrole nitrogens is 1. The molecule has 0 fully saturated rings. The summed E-state index contributed by atoms with van der Waals surface area (Å²) in [6, 6.07) is 13.4. The number of fused-ring (bicyclic) bond motifs is 1. The number of rotatable bonds is 6. The Morgan fingerprint density at radius 3 is 2.75 bits per heavy atom. The Balaban J connectivity index is 1.54. The molecule has 1 aromatic heterocycles. The van der Waals surface area contributed by atoms with E-state index in [-0.39, 0.29) is 11.7 Å². The Labute approximate surface area is 138 Å². The molecule has 6 heteroatoms. The molecule has 0 saturated carbocycles. The lowest BCUT2D eigenvalue weighted by molar-refractivity contribution is 0.0943. The molecule has 0 aliphatic carbocycles. The van der Waals surface area contributed by atoms with Crippen LogP contribution in [0.25, 0.3) is 10.9 Å². The molecule has 2 aromatic carbocycles. The number of nitrogens with one attached hydrogen (secondary N) is 2. The van der Waals surface area contributed by atoms with E-state index in [0.29, 0.717) is 41.2 Å². The van der Waals surface area contributed by atoms with Crippen LogP contribution in [0.2, 0.25) is 0 Å². The molecule has 124 valence electrons. The van der Waals surface area contributed by atoms with Crippen molar-refractivity contribution >= 4 is 16.8 Å². The first-order chi connectivity index (χ1) is 11.7. The maximum Gasteiger partial charge on any atom is 0.267 e. The Kier molecular flexibility index (Phi) is 4.65. The molecule has 0 radical (unpaired) electrons. The number of carbonyl (C=O) groups is 1. The van der Waals surface area contributed by atoms with Crippen LogP contribution in [0.1, 0.15) is 10.5 Å². The number of amides is 1. The van der Waals surface area contributed by atoms with E-state index in [2.05, 4.69) is 10.3 Å². The van der Waals surface area contributed by atoms with Crippen LogP contribution >= 0.6 is 0 Å². The van der Waals surface area contributed by atoms with E-state index in [0.717, 1.165) is 0 Å². The first-order valence-electron chi connectivity index (χ1n) is 7.49. The molecule has 3 rings (SSSR count). The van der Waals surface area contributed by atoms with Crippen LogP contribution in [0.5, 0.6) is 11.5 Å². The summed E-state index contributed by atoms with van der Waals surface area (Å²) in [6.45, 7) is 0.640. The van der Waals surface area contributed by atoms with Crippen LogP contribution in [-0.2, 0) is 0 Å². The highest BCUT2D eigenvalue weighted by atomic mass is 19.1. The number of aromatic nitrogens is 1. The van der Waals surface area contributed by atoms with E-state index < -0.39 is 0 Å². The van der Waals surface area contributed by atoms with Gasteiger partial charge in [-0.15, -0.1) is 0 Å². The molecule has 0 aliphatic heterocycles. The van der Waals surface area contributed by atoms with Gasteiger partial charge in [0.05, 0.1) is 13.7 Å². The van der Waals surface area contributed by atoms with Crippen molar-refractivity contribution in [3.63, 3.8) is 0 Å². The minimum atomic E-state index is -0.357. The monoisotopic (exact) mass is 328 g/mol. The second kappa shape index (κ2) is 7.04. The zero-order valence-corrected chi connectivity index (χ0v) is 13.1. The molecule has 0 atom stereocenters. The van der Waals surface area contributed by atoms with Gasteiger partial charge in [-0.1, -0.05) is 12.1 Å².